The minimum atomic E-state index is -0.201. The summed E-state index contributed by atoms with van der Waals surface area (Å²) in [5.74, 6) is 5.98. The van der Waals surface area contributed by atoms with Crippen molar-refractivity contribution in [2.75, 3.05) is 31.6 Å². The molecule has 0 unspecified atom stereocenters. The first-order chi connectivity index (χ1) is 9.72. The predicted molar refractivity (Wildman–Crippen MR) is 77.0 cm³/mol. The molecule has 0 radical (unpaired) electrons. The first kappa shape index (κ1) is 14.7. The number of nitrogen functional groups attached to an aromatic ring is 1. The molecule has 1 aromatic rings. The zero-order valence-corrected chi connectivity index (χ0v) is 11.8. The van der Waals surface area contributed by atoms with Gasteiger partial charge in [-0.05, 0) is 38.4 Å². The maximum absolute atomic E-state index is 12.0. The van der Waals surface area contributed by atoms with E-state index >= 15 is 0 Å². The van der Waals surface area contributed by atoms with Crippen LogP contribution in [0.25, 0.3) is 0 Å². The number of aromatic nitrogens is 2. The standard InChI is InChI=1S/C13H22N6O/c1-2-19-5-3-10(4-6-19)7-16-13(20)11-8-15-9-12(17-11)18-14/h8-10H,2-7,14H2,1H3,(H,16,20)(H,17,18). The molecule has 20 heavy (non-hydrogen) atoms. The lowest BCUT2D eigenvalue weighted by atomic mass is 9.97. The quantitative estimate of drug-likeness (QED) is 0.527. The molecular formula is C13H22N6O. The molecule has 4 N–H and O–H groups in total. The van der Waals surface area contributed by atoms with Crippen LogP contribution in [0, 0.1) is 5.92 Å². The van der Waals surface area contributed by atoms with E-state index in [1.54, 1.807) is 0 Å². The number of hydrogen-bond donors (Lipinski definition) is 3. The van der Waals surface area contributed by atoms with Gasteiger partial charge in [-0.2, -0.15) is 0 Å². The van der Waals surface area contributed by atoms with Crippen molar-refractivity contribution < 1.29 is 4.79 Å². The van der Waals surface area contributed by atoms with Gasteiger partial charge in [0.2, 0.25) is 0 Å². The van der Waals surface area contributed by atoms with Crippen LogP contribution < -0.4 is 16.6 Å². The van der Waals surface area contributed by atoms with Gasteiger partial charge >= 0.3 is 0 Å². The fraction of sp³-hybridized carbons (Fsp3) is 0.615. The lowest BCUT2D eigenvalue weighted by Gasteiger charge is -2.30. The Morgan fingerprint density at radius 1 is 1.45 bits per heavy atom. The third-order valence-electron chi connectivity index (χ3n) is 3.72. The maximum Gasteiger partial charge on any atom is 0.271 e. The van der Waals surface area contributed by atoms with Crippen LogP contribution in [-0.4, -0.2) is 47.0 Å². The van der Waals surface area contributed by atoms with E-state index in [0.717, 1.165) is 32.5 Å². The largest absolute Gasteiger partial charge is 0.350 e. The number of anilines is 1. The highest BCUT2D eigenvalue weighted by molar-refractivity contribution is 5.92. The summed E-state index contributed by atoms with van der Waals surface area (Å²) in [5.41, 5.74) is 2.66. The Balaban J connectivity index is 1.80. The molecule has 0 saturated carbocycles. The summed E-state index contributed by atoms with van der Waals surface area (Å²) in [4.78, 5) is 22.4. The highest BCUT2D eigenvalue weighted by Gasteiger charge is 2.19. The smallest absolute Gasteiger partial charge is 0.271 e. The zero-order chi connectivity index (χ0) is 14.4. The fourth-order valence-electron chi connectivity index (χ4n) is 2.38. The van der Waals surface area contributed by atoms with Crippen molar-refractivity contribution >= 4 is 11.7 Å². The molecule has 7 nitrogen and oxygen atoms in total. The number of likely N-dealkylation sites (tertiary alicyclic amines) is 1. The second kappa shape index (κ2) is 7.16. The lowest BCUT2D eigenvalue weighted by molar-refractivity contribution is 0.0931. The van der Waals surface area contributed by atoms with Gasteiger partial charge in [-0.1, -0.05) is 6.92 Å². The van der Waals surface area contributed by atoms with Crippen molar-refractivity contribution in [2.24, 2.45) is 11.8 Å². The molecule has 110 valence electrons. The molecule has 1 aliphatic rings. The topological polar surface area (TPSA) is 96.2 Å². The average molecular weight is 278 g/mol. The van der Waals surface area contributed by atoms with Crippen molar-refractivity contribution in [1.29, 1.82) is 0 Å². The Bertz CT molecular complexity index is 444. The number of piperidine rings is 1. The fourth-order valence-corrected chi connectivity index (χ4v) is 2.38. The van der Waals surface area contributed by atoms with Crippen LogP contribution in [0.1, 0.15) is 30.3 Å². The van der Waals surface area contributed by atoms with E-state index in [4.69, 9.17) is 5.84 Å². The molecule has 0 bridgehead atoms. The minimum Gasteiger partial charge on any atom is -0.350 e. The predicted octanol–water partition coefficient (Wildman–Crippen LogP) is 0.224. The third kappa shape index (κ3) is 3.88. The van der Waals surface area contributed by atoms with Crippen LogP contribution in [0.2, 0.25) is 0 Å². The molecule has 7 heteroatoms. The number of nitrogens with zero attached hydrogens (tertiary/aromatic N) is 3. The molecule has 2 heterocycles. The summed E-state index contributed by atoms with van der Waals surface area (Å²) in [5, 5.41) is 2.92. The van der Waals surface area contributed by atoms with E-state index < -0.39 is 0 Å². The van der Waals surface area contributed by atoms with Crippen LogP contribution in [0.4, 0.5) is 5.82 Å². The van der Waals surface area contributed by atoms with E-state index in [1.165, 1.54) is 12.4 Å². The molecule has 1 aliphatic heterocycles. The number of rotatable bonds is 5. The minimum absolute atomic E-state index is 0.201. The van der Waals surface area contributed by atoms with Crippen molar-refractivity contribution in [3.8, 4) is 0 Å². The molecule has 1 amide bonds. The van der Waals surface area contributed by atoms with Crippen LogP contribution >= 0.6 is 0 Å². The Kier molecular flexibility index (Phi) is 5.25. The molecule has 2 rings (SSSR count). The molecular weight excluding hydrogens is 256 g/mol. The summed E-state index contributed by atoms with van der Waals surface area (Å²) in [7, 11) is 0. The third-order valence-corrected chi connectivity index (χ3v) is 3.72. The Hall–Kier alpha value is -1.73. The number of nitrogens with one attached hydrogen (secondary N) is 2. The second-order valence-electron chi connectivity index (χ2n) is 5.02. The van der Waals surface area contributed by atoms with E-state index in [2.05, 4.69) is 32.5 Å². The number of nitrogens with two attached hydrogens (primary N) is 1. The summed E-state index contributed by atoms with van der Waals surface area (Å²) >= 11 is 0. The van der Waals surface area contributed by atoms with Crippen LogP contribution in [0.3, 0.4) is 0 Å². The molecule has 0 atom stereocenters. The van der Waals surface area contributed by atoms with E-state index in [1.807, 2.05) is 0 Å². The Morgan fingerprint density at radius 2 is 2.20 bits per heavy atom. The van der Waals surface area contributed by atoms with Gasteiger partial charge in [0.25, 0.3) is 5.91 Å². The number of carbonyl (C=O) groups is 1. The van der Waals surface area contributed by atoms with Crippen LogP contribution in [0.5, 0.6) is 0 Å². The molecule has 1 aromatic heterocycles. The van der Waals surface area contributed by atoms with Crippen molar-refractivity contribution in [3.05, 3.63) is 18.1 Å². The number of amides is 1. The maximum atomic E-state index is 12.0. The molecule has 1 fully saturated rings. The van der Waals surface area contributed by atoms with Gasteiger partial charge < -0.3 is 15.6 Å². The van der Waals surface area contributed by atoms with Crippen LogP contribution in [0.15, 0.2) is 12.4 Å². The molecule has 0 spiro atoms. The van der Waals surface area contributed by atoms with E-state index in [9.17, 15) is 4.79 Å². The van der Waals surface area contributed by atoms with E-state index in [0.29, 0.717) is 18.3 Å². The number of carbonyl (C=O) groups excluding carboxylic acids is 1. The highest BCUT2D eigenvalue weighted by atomic mass is 16.1. The first-order valence-corrected chi connectivity index (χ1v) is 7.02. The SMILES string of the molecule is CCN1CCC(CNC(=O)c2cncc(NN)n2)CC1. The first-order valence-electron chi connectivity index (χ1n) is 7.02. The van der Waals surface area contributed by atoms with Gasteiger partial charge in [0, 0.05) is 6.54 Å². The monoisotopic (exact) mass is 278 g/mol. The number of hydrazine groups is 1. The summed E-state index contributed by atoms with van der Waals surface area (Å²) in [6.45, 7) is 6.21. The Morgan fingerprint density at radius 3 is 2.85 bits per heavy atom. The molecule has 0 aliphatic carbocycles. The van der Waals surface area contributed by atoms with Crippen molar-refractivity contribution in [2.45, 2.75) is 19.8 Å². The average Bonchev–Trinajstić information content (AvgIpc) is 2.53. The molecule has 1 saturated heterocycles. The summed E-state index contributed by atoms with van der Waals surface area (Å²) < 4.78 is 0. The van der Waals surface area contributed by atoms with Crippen molar-refractivity contribution in [3.63, 3.8) is 0 Å². The van der Waals surface area contributed by atoms with Gasteiger partial charge in [0.15, 0.2) is 5.82 Å². The van der Waals surface area contributed by atoms with Gasteiger partial charge in [-0.15, -0.1) is 0 Å². The summed E-state index contributed by atoms with van der Waals surface area (Å²) in [6, 6.07) is 0. The van der Waals surface area contributed by atoms with E-state index in [-0.39, 0.29) is 11.6 Å². The van der Waals surface area contributed by atoms with Gasteiger partial charge in [-0.3, -0.25) is 9.78 Å². The van der Waals surface area contributed by atoms with Gasteiger partial charge in [0.1, 0.15) is 5.69 Å². The Labute approximate surface area is 118 Å². The second-order valence-corrected chi connectivity index (χ2v) is 5.02. The zero-order valence-electron chi connectivity index (χ0n) is 11.8. The lowest BCUT2D eigenvalue weighted by Crippen LogP contribution is -2.38. The van der Waals surface area contributed by atoms with Crippen molar-refractivity contribution in [1.82, 2.24) is 20.2 Å². The summed E-state index contributed by atoms with van der Waals surface area (Å²) in [6.07, 6.45) is 5.17. The number of hydrogen-bond acceptors (Lipinski definition) is 6. The van der Waals surface area contributed by atoms with Crippen LogP contribution in [-0.2, 0) is 0 Å². The highest BCUT2D eigenvalue weighted by Crippen LogP contribution is 2.15. The normalized spacial score (nSPS) is 16.9. The van der Waals surface area contributed by atoms with Gasteiger partial charge in [-0.25, -0.2) is 10.8 Å². The molecule has 0 aromatic carbocycles. The van der Waals surface area contributed by atoms with Gasteiger partial charge in [0.05, 0.1) is 12.4 Å².